The Morgan fingerprint density at radius 1 is 0.842 bits per heavy atom. The average Bonchev–Trinajstić information content (AvgIpc) is 2.85. The Morgan fingerprint density at radius 3 is 2.37 bits per heavy atom. The van der Waals surface area contributed by atoms with Gasteiger partial charge in [0, 0.05) is 15.6 Å². The lowest BCUT2D eigenvalue weighted by Gasteiger charge is -2.00. The van der Waals surface area contributed by atoms with Crippen LogP contribution in [-0.2, 0) is 0 Å². The maximum Gasteiger partial charge on any atom is 0.101 e. The maximum atomic E-state index is 9.40. The smallest absolute Gasteiger partial charge is 0.101 e. The zero-order valence-electron chi connectivity index (χ0n) is 9.92. The van der Waals surface area contributed by atoms with Gasteiger partial charge < -0.3 is 0 Å². The number of thiophene rings is 1. The van der Waals surface area contributed by atoms with E-state index in [4.69, 9.17) is 0 Å². The van der Waals surface area contributed by atoms with Crippen LogP contribution in [0, 0.1) is 22.7 Å². The minimum Gasteiger partial charge on any atom is -0.192 e. The summed E-state index contributed by atoms with van der Waals surface area (Å²) in [5.74, 6) is 0. The van der Waals surface area contributed by atoms with Crippen molar-refractivity contribution < 1.29 is 0 Å². The van der Waals surface area contributed by atoms with Crippen LogP contribution < -0.4 is 0 Å². The van der Waals surface area contributed by atoms with Gasteiger partial charge in [-0.25, -0.2) is 0 Å². The molecule has 0 saturated carbocycles. The number of rotatable bonds is 1. The van der Waals surface area contributed by atoms with Crippen molar-refractivity contribution in [2.45, 2.75) is 0 Å². The number of benzene rings is 2. The molecule has 19 heavy (non-hydrogen) atoms. The highest BCUT2D eigenvalue weighted by molar-refractivity contribution is 7.22. The summed E-state index contributed by atoms with van der Waals surface area (Å²) in [5, 5.41) is 19.6. The van der Waals surface area contributed by atoms with E-state index in [2.05, 4.69) is 12.1 Å². The first-order valence-electron chi connectivity index (χ1n) is 5.76. The molecule has 3 heteroatoms. The molecule has 1 aromatic heterocycles. The summed E-state index contributed by atoms with van der Waals surface area (Å²) >= 11 is 1.56. The zero-order chi connectivity index (χ0) is 13.2. The molecule has 1 heterocycles. The highest BCUT2D eigenvalue weighted by atomic mass is 32.1. The fraction of sp³-hybridized carbons (Fsp3) is 0. The largest absolute Gasteiger partial charge is 0.192 e. The highest BCUT2D eigenvalue weighted by Gasteiger charge is 2.15. The van der Waals surface area contributed by atoms with E-state index < -0.39 is 0 Å². The van der Waals surface area contributed by atoms with Gasteiger partial charge >= 0.3 is 0 Å². The van der Waals surface area contributed by atoms with Crippen molar-refractivity contribution in [2.75, 3.05) is 0 Å². The van der Waals surface area contributed by atoms with E-state index in [1.165, 1.54) is 0 Å². The van der Waals surface area contributed by atoms with Crippen LogP contribution in [0.15, 0.2) is 48.5 Å². The van der Waals surface area contributed by atoms with Crippen LogP contribution in [0.1, 0.15) is 11.1 Å². The van der Waals surface area contributed by atoms with Gasteiger partial charge in [-0.3, -0.25) is 0 Å². The molecule has 0 saturated heterocycles. The Bertz CT molecular complexity index is 847. The van der Waals surface area contributed by atoms with E-state index >= 15 is 0 Å². The Balaban J connectivity index is 2.38. The van der Waals surface area contributed by atoms with E-state index in [0.29, 0.717) is 11.1 Å². The second-order valence-corrected chi connectivity index (χ2v) is 5.12. The number of hydrogen-bond acceptors (Lipinski definition) is 3. The Kier molecular flexibility index (Phi) is 2.76. The molecule has 0 bridgehead atoms. The van der Waals surface area contributed by atoms with Crippen molar-refractivity contribution in [3.8, 4) is 22.6 Å². The van der Waals surface area contributed by atoms with Gasteiger partial charge in [-0.1, -0.05) is 36.4 Å². The summed E-state index contributed by atoms with van der Waals surface area (Å²) in [4.78, 5) is 0.876. The molecule has 0 aliphatic heterocycles. The molecule has 2 aromatic carbocycles. The lowest BCUT2D eigenvalue weighted by Crippen LogP contribution is -1.83. The second kappa shape index (κ2) is 4.57. The molecule has 0 radical (unpaired) electrons. The van der Waals surface area contributed by atoms with Crippen molar-refractivity contribution in [1.29, 1.82) is 10.5 Å². The molecule has 0 N–H and O–H groups in total. The van der Waals surface area contributed by atoms with Crippen LogP contribution in [0.5, 0.6) is 0 Å². The molecule has 0 spiro atoms. The first kappa shape index (κ1) is 11.5. The maximum absolute atomic E-state index is 9.40. The molecule has 3 rings (SSSR count). The van der Waals surface area contributed by atoms with E-state index in [9.17, 15) is 10.5 Å². The lowest BCUT2D eigenvalue weighted by atomic mass is 10.0. The van der Waals surface area contributed by atoms with Gasteiger partial charge in [0.25, 0.3) is 0 Å². The third kappa shape index (κ3) is 1.78. The van der Waals surface area contributed by atoms with Crippen molar-refractivity contribution in [3.63, 3.8) is 0 Å². The van der Waals surface area contributed by atoms with Crippen LogP contribution in [-0.4, -0.2) is 0 Å². The molecule has 0 aliphatic carbocycles. The van der Waals surface area contributed by atoms with Crippen LogP contribution in [0.4, 0.5) is 0 Å². The predicted molar refractivity (Wildman–Crippen MR) is 76.7 cm³/mol. The summed E-state index contributed by atoms with van der Waals surface area (Å²) in [7, 11) is 0. The average molecular weight is 260 g/mol. The molecule has 0 amide bonds. The van der Waals surface area contributed by atoms with Gasteiger partial charge in [0.1, 0.15) is 6.07 Å². The molecule has 0 atom stereocenters. The summed E-state index contributed by atoms with van der Waals surface area (Å²) in [6, 6.07) is 19.7. The van der Waals surface area contributed by atoms with Gasteiger partial charge in [-0.05, 0) is 12.1 Å². The highest BCUT2D eigenvalue weighted by Crippen LogP contribution is 2.39. The lowest BCUT2D eigenvalue weighted by molar-refractivity contribution is 1.48. The summed E-state index contributed by atoms with van der Waals surface area (Å²) in [6.07, 6.45) is 0. The molecule has 88 valence electrons. The first-order valence-corrected chi connectivity index (χ1v) is 6.58. The van der Waals surface area contributed by atoms with Crippen LogP contribution in [0.3, 0.4) is 0 Å². The van der Waals surface area contributed by atoms with Gasteiger partial charge in [0.05, 0.1) is 22.1 Å². The predicted octanol–water partition coefficient (Wildman–Crippen LogP) is 4.31. The quantitative estimate of drug-likeness (QED) is 0.654. The summed E-state index contributed by atoms with van der Waals surface area (Å²) < 4.78 is 1.07. The van der Waals surface area contributed by atoms with Crippen LogP contribution in [0.2, 0.25) is 0 Å². The van der Waals surface area contributed by atoms with Gasteiger partial charge in [0.2, 0.25) is 0 Å². The zero-order valence-corrected chi connectivity index (χ0v) is 10.7. The molecular weight excluding hydrogens is 252 g/mol. The Labute approximate surface area is 114 Å². The number of nitrogens with zero attached hydrogens (tertiary/aromatic N) is 2. The van der Waals surface area contributed by atoms with E-state index in [0.717, 1.165) is 20.5 Å². The Morgan fingerprint density at radius 2 is 1.58 bits per heavy atom. The van der Waals surface area contributed by atoms with Crippen molar-refractivity contribution in [3.05, 3.63) is 59.7 Å². The van der Waals surface area contributed by atoms with E-state index in [1.54, 1.807) is 17.4 Å². The van der Waals surface area contributed by atoms with Gasteiger partial charge in [0.15, 0.2) is 0 Å². The molecular formula is C16H8N2S. The molecule has 0 aliphatic rings. The summed E-state index contributed by atoms with van der Waals surface area (Å²) in [5.41, 5.74) is 2.09. The third-order valence-corrected chi connectivity index (χ3v) is 4.20. The number of hydrogen-bond donors (Lipinski definition) is 0. The minimum absolute atomic E-state index is 0.602. The fourth-order valence-electron chi connectivity index (χ4n) is 2.12. The van der Waals surface area contributed by atoms with E-state index in [-0.39, 0.29) is 0 Å². The standard InChI is InChI=1S/C16H8N2S/c17-9-11-5-1-2-6-12(11)16-14(10-18)13-7-3-4-8-15(13)19-16/h1-8H. The third-order valence-electron chi connectivity index (χ3n) is 3.00. The summed E-state index contributed by atoms with van der Waals surface area (Å²) in [6.45, 7) is 0. The second-order valence-electron chi connectivity index (χ2n) is 4.07. The fourth-order valence-corrected chi connectivity index (χ4v) is 3.32. The van der Waals surface area contributed by atoms with Crippen LogP contribution >= 0.6 is 11.3 Å². The van der Waals surface area contributed by atoms with Crippen LogP contribution in [0.25, 0.3) is 20.5 Å². The number of fused-ring (bicyclic) bond motifs is 1. The van der Waals surface area contributed by atoms with Crippen molar-refractivity contribution >= 4 is 21.4 Å². The molecule has 2 nitrogen and oxygen atoms in total. The van der Waals surface area contributed by atoms with Crippen molar-refractivity contribution in [2.24, 2.45) is 0 Å². The molecule has 3 aromatic rings. The Hall–Kier alpha value is -2.62. The topological polar surface area (TPSA) is 47.6 Å². The minimum atomic E-state index is 0.602. The van der Waals surface area contributed by atoms with E-state index in [1.807, 2.05) is 42.5 Å². The monoisotopic (exact) mass is 260 g/mol. The molecule has 0 fully saturated rings. The number of nitriles is 2. The van der Waals surface area contributed by atoms with Gasteiger partial charge in [-0.15, -0.1) is 11.3 Å². The van der Waals surface area contributed by atoms with Gasteiger partial charge in [-0.2, -0.15) is 10.5 Å². The SMILES string of the molecule is N#Cc1ccccc1-c1sc2ccccc2c1C#N. The van der Waals surface area contributed by atoms with Crippen molar-refractivity contribution in [1.82, 2.24) is 0 Å². The first-order chi connectivity index (χ1) is 9.35. The molecule has 0 unspecified atom stereocenters. The normalized spacial score (nSPS) is 10.0.